The number of halogens is 1. The lowest BCUT2D eigenvalue weighted by Gasteiger charge is -2.11. The standard InChI is InChI=1S/C18H26N4O2.ClH/c1-2-11-21-15-7-3-4-8-16(15)22(18(21)24)12-9-17(23)20-13-14-6-5-10-19-14;/h3-4,7-8,14,19H,2,5-6,9-13H2,1H3,(H,20,23);1H. The van der Waals surface area contributed by atoms with Crippen LogP contribution in [0.1, 0.15) is 32.6 Å². The highest BCUT2D eigenvalue weighted by Crippen LogP contribution is 2.13. The van der Waals surface area contributed by atoms with Crippen LogP contribution >= 0.6 is 12.4 Å². The largest absolute Gasteiger partial charge is 0.354 e. The molecular formula is C18H27ClN4O2. The molecule has 25 heavy (non-hydrogen) atoms. The third-order valence-electron chi connectivity index (χ3n) is 4.64. The first-order valence-electron chi connectivity index (χ1n) is 8.89. The molecule has 7 heteroatoms. The van der Waals surface area contributed by atoms with E-state index in [-0.39, 0.29) is 24.0 Å². The summed E-state index contributed by atoms with van der Waals surface area (Å²) in [5.74, 6) is 0.00271. The molecule has 2 heterocycles. The molecule has 0 radical (unpaired) electrons. The zero-order valence-electron chi connectivity index (χ0n) is 14.7. The second kappa shape index (κ2) is 9.06. The van der Waals surface area contributed by atoms with Crippen LogP contribution in [0.2, 0.25) is 0 Å². The van der Waals surface area contributed by atoms with E-state index in [1.54, 1.807) is 9.13 Å². The number of hydrogen-bond acceptors (Lipinski definition) is 3. The molecule has 1 aliphatic heterocycles. The number of rotatable bonds is 7. The summed E-state index contributed by atoms with van der Waals surface area (Å²) in [6, 6.07) is 8.18. The van der Waals surface area contributed by atoms with Gasteiger partial charge in [0.25, 0.3) is 0 Å². The number of benzene rings is 1. The normalized spacial score (nSPS) is 16.8. The van der Waals surface area contributed by atoms with Gasteiger partial charge in [0.2, 0.25) is 5.91 Å². The third-order valence-corrected chi connectivity index (χ3v) is 4.64. The first-order valence-corrected chi connectivity index (χ1v) is 8.89. The smallest absolute Gasteiger partial charge is 0.329 e. The molecule has 1 fully saturated rings. The zero-order chi connectivity index (χ0) is 16.9. The highest BCUT2D eigenvalue weighted by Gasteiger charge is 2.16. The Balaban J connectivity index is 0.00000225. The van der Waals surface area contributed by atoms with Crippen LogP contribution in [0.4, 0.5) is 0 Å². The van der Waals surface area contributed by atoms with Gasteiger partial charge in [-0.3, -0.25) is 13.9 Å². The Labute approximate surface area is 154 Å². The van der Waals surface area contributed by atoms with Crippen molar-refractivity contribution in [2.45, 2.75) is 51.7 Å². The lowest BCUT2D eigenvalue weighted by molar-refractivity contribution is -0.121. The van der Waals surface area contributed by atoms with Crippen LogP contribution in [-0.2, 0) is 17.9 Å². The van der Waals surface area contributed by atoms with Gasteiger partial charge in [0.15, 0.2) is 0 Å². The van der Waals surface area contributed by atoms with Crippen LogP contribution in [0, 0.1) is 0 Å². The Bertz CT molecular complexity index is 762. The second-order valence-corrected chi connectivity index (χ2v) is 6.42. The van der Waals surface area contributed by atoms with Crippen LogP contribution in [0.15, 0.2) is 29.1 Å². The Morgan fingerprint density at radius 2 is 1.92 bits per heavy atom. The van der Waals surface area contributed by atoms with E-state index in [0.29, 0.717) is 32.1 Å². The van der Waals surface area contributed by atoms with E-state index in [9.17, 15) is 9.59 Å². The van der Waals surface area contributed by atoms with Crippen LogP contribution < -0.4 is 16.3 Å². The fourth-order valence-electron chi connectivity index (χ4n) is 3.40. The van der Waals surface area contributed by atoms with Crippen molar-refractivity contribution in [1.29, 1.82) is 0 Å². The number of nitrogens with zero attached hydrogens (tertiary/aromatic N) is 2. The Kier molecular flexibility index (Phi) is 7.08. The molecule has 3 rings (SSSR count). The van der Waals surface area contributed by atoms with Crippen LogP contribution in [0.25, 0.3) is 11.0 Å². The Morgan fingerprint density at radius 1 is 1.24 bits per heavy atom. The number of hydrogen-bond donors (Lipinski definition) is 2. The number of aromatic nitrogens is 2. The SMILES string of the molecule is CCCn1c(=O)n(CCC(=O)NCC2CCCN2)c2ccccc21.Cl. The molecule has 2 aromatic rings. The van der Waals surface area contributed by atoms with Gasteiger partial charge < -0.3 is 10.6 Å². The van der Waals surface area contributed by atoms with Crippen LogP contribution in [-0.4, -0.2) is 34.2 Å². The molecule has 1 atom stereocenters. The minimum atomic E-state index is -0.0247. The molecule has 0 spiro atoms. The van der Waals surface area contributed by atoms with Crippen molar-refractivity contribution >= 4 is 29.3 Å². The summed E-state index contributed by atoms with van der Waals surface area (Å²) in [7, 11) is 0. The quantitative estimate of drug-likeness (QED) is 0.786. The van der Waals surface area contributed by atoms with Crippen molar-refractivity contribution in [3.05, 3.63) is 34.7 Å². The van der Waals surface area contributed by atoms with E-state index in [0.717, 1.165) is 30.4 Å². The van der Waals surface area contributed by atoms with Crippen molar-refractivity contribution in [1.82, 2.24) is 19.8 Å². The molecule has 138 valence electrons. The van der Waals surface area contributed by atoms with Gasteiger partial charge >= 0.3 is 5.69 Å². The van der Waals surface area contributed by atoms with Gasteiger partial charge in [-0.2, -0.15) is 0 Å². The van der Waals surface area contributed by atoms with Gasteiger partial charge in [0.1, 0.15) is 0 Å². The lowest BCUT2D eigenvalue weighted by atomic mass is 10.2. The van der Waals surface area contributed by atoms with Crippen LogP contribution in [0.5, 0.6) is 0 Å². The summed E-state index contributed by atoms with van der Waals surface area (Å²) in [5, 5.41) is 6.33. The maximum absolute atomic E-state index is 12.6. The van der Waals surface area contributed by atoms with Gasteiger partial charge in [-0.05, 0) is 37.9 Å². The summed E-state index contributed by atoms with van der Waals surface area (Å²) in [6.07, 6.45) is 3.52. The number of aryl methyl sites for hydroxylation is 2. The average Bonchev–Trinajstić information content (AvgIpc) is 3.20. The molecule has 0 bridgehead atoms. The maximum Gasteiger partial charge on any atom is 0.329 e. The first-order chi connectivity index (χ1) is 11.7. The molecule has 0 saturated carbocycles. The number of carbonyl (C=O) groups excluding carboxylic acids is 1. The fourth-order valence-corrected chi connectivity index (χ4v) is 3.40. The molecule has 1 aromatic heterocycles. The monoisotopic (exact) mass is 366 g/mol. The van der Waals surface area contributed by atoms with E-state index >= 15 is 0 Å². The Hall–Kier alpha value is -1.79. The van der Waals surface area contributed by atoms with Crippen molar-refractivity contribution in [2.24, 2.45) is 0 Å². The number of para-hydroxylation sites is 2. The Morgan fingerprint density at radius 3 is 2.52 bits per heavy atom. The summed E-state index contributed by atoms with van der Waals surface area (Å²) in [4.78, 5) is 24.7. The molecule has 1 saturated heterocycles. The molecule has 1 aliphatic rings. The molecule has 1 aromatic carbocycles. The predicted octanol–water partition coefficient (Wildman–Crippen LogP) is 1.89. The zero-order valence-corrected chi connectivity index (χ0v) is 15.5. The van der Waals surface area contributed by atoms with Gasteiger partial charge in [-0.15, -0.1) is 12.4 Å². The summed E-state index contributed by atoms with van der Waals surface area (Å²) in [5.41, 5.74) is 1.82. The van der Waals surface area contributed by atoms with Gasteiger partial charge in [-0.1, -0.05) is 19.1 Å². The minimum Gasteiger partial charge on any atom is -0.354 e. The average molecular weight is 367 g/mol. The molecule has 0 aliphatic carbocycles. The summed E-state index contributed by atoms with van der Waals surface area (Å²) >= 11 is 0. The van der Waals surface area contributed by atoms with Gasteiger partial charge in [0, 0.05) is 32.1 Å². The van der Waals surface area contributed by atoms with Gasteiger partial charge in [0.05, 0.1) is 11.0 Å². The van der Waals surface area contributed by atoms with E-state index in [2.05, 4.69) is 17.6 Å². The number of fused-ring (bicyclic) bond motifs is 1. The van der Waals surface area contributed by atoms with Crippen molar-refractivity contribution < 1.29 is 4.79 Å². The highest BCUT2D eigenvalue weighted by atomic mass is 35.5. The van der Waals surface area contributed by atoms with E-state index < -0.39 is 0 Å². The number of carbonyl (C=O) groups is 1. The topological polar surface area (TPSA) is 68.1 Å². The summed E-state index contributed by atoms with van der Waals surface area (Å²) in [6.45, 7) is 4.88. The van der Waals surface area contributed by atoms with Crippen molar-refractivity contribution in [3.63, 3.8) is 0 Å². The van der Waals surface area contributed by atoms with E-state index in [1.165, 1.54) is 6.42 Å². The lowest BCUT2D eigenvalue weighted by Crippen LogP contribution is -2.37. The first kappa shape index (κ1) is 19.5. The summed E-state index contributed by atoms with van der Waals surface area (Å²) < 4.78 is 3.52. The van der Waals surface area contributed by atoms with E-state index in [4.69, 9.17) is 0 Å². The van der Waals surface area contributed by atoms with Crippen LogP contribution in [0.3, 0.4) is 0 Å². The second-order valence-electron chi connectivity index (χ2n) is 6.42. The minimum absolute atomic E-state index is 0. The van der Waals surface area contributed by atoms with Crippen molar-refractivity contribution in [3.8, 4) is 0 Å². The molecular weight excluding hydrogens is 340 g/mol. The third kappa shape index (κ3) is 4.44. The number of imidazole rings is 1. The predicted molar refractivity (Wildman–Crippen MR) is 102 cm³/mol. The fraction of sp³-hybridized carbons (Fsp3) is 0.556. The van der Waals surface area contributed by atoms with E-state index in [1.807, 2.05) is 24.3 Å². The van der Waals surface area contributed by atoms with Gasteiger partial charge in [-0.25, -0.2) is 4.79 Å². The maximum atomic E-state index is 12.6. The molecule has 6 nitrogen and oxygen atoms in total. The highest BCUT2D eigenvalue weighted by molar-refractivity contribution is 5.85. The van der Waals surface area contributed by atoms with Crippen molar-refractivity contribution in [2.75, 3.05) is 13.1 Å². The molecule has 1 unspecified atom stereocenters. The number of amides is 1. The molecule has 1 amide bonds. The number of nitrogens with one attached hydrogen (secondary N) is 2. The molecule has 2 N–H and O–H groups in total.